The maximum Gasteiger partial charge on any atom is 0.404 e. The summed E-state index contributed by atoms with van der Waals surface area (Å²) in [6, 6.07) is 0. The van der Waals surface area contributed by atoms with Crippen LogP contribution in [0.1, 0.15) is 24.6 Å². The van der Waals surface area contributed by atoms with Crippen LogP contribution in [0.4, 0.5) is 4.79 Å². The van der Waals surface area contributed by atoms with Crippen LogP contribution in [0.25, 0.3) is 0 Å². The molecule has 1 aliphatic carbocycles. The van der Waals surface area contributed by atoms with Gasteiger partial charge in [0.1, 0.15) is 12.4 Å². The molecule has 0 saturated heterocycles. The first kappa shape index (κ1) is 10.2. The summed E-state index contributed by atoms with van der Waals surface area (Å²) in [5, 5.41) is 6.89. The van der Waals surface area contributed by atoms with Crippen LogP contribution in [0.3, 0.4) is 0 Å². The number of nitrogens with one attached hydrogen (secondary N) is 1. The number of aromatic nitrogens is 3. The van der Waals surface area contributed by atoms with E-state index in [0.29, 0.717) is 17.2 Å². The van der Waals surface area contributed by atoms with Crippen LogP contribution in [0, 0.1) is 4.77 Å². The molecule has 0 unspecified atom stereocenters. The lowest BCUT2D eigenvalue weighted by Gasteiger charge is -2.05. The summed E-state index contributed by atoms with van der Waals surface area (Å²) in [6.07, 6.45) is 1.53. The standard InChI is InChI=1S/C8H12N4O2S/c9-7(13)14-4-3-12-6(5-1-2-5)10-11-8(12)15/h5H,1-4H2,(H2,9,13)(H,11,15). The van der Waals surface area contributed by atoms with Crippen LogP contribution in [-0.2, 0) is 11.3 Å². The average Bonchev–Trinajstić information content (AvgIpc) is 2.94. The Balaban J connectivity index is 2.02. The quantitative estimate of drug-likeness (QED) is 0.750. The van der Waals surface area contributed by atoms with Crippen LogP contribution in [0.5, 0.6) is 0 Å². The Kier molecular flexibility index (Phi) is 2.72. The van der Waals surface area contributed by atoms with Crippen molar-refractivity contribution in [2.24, 2.45) is 5.73 Å². The van der Waals surface area contributed by atoms with E-state index in [2.05, 4.69) is 14.9 Å². The number of primary amides is 1. The van der Waals surface area contributed by atoms with Gasteiger partial charge in [0.2, 0.25) is 0 Å². The molecule has 6 nitrogen and oxygen atoms in total. The van der Waals surface area contributed by atoms with E-state index in [1.807, 2.05) is 4.57 Å². The Morgan fingerprint density at radius 3 is 3.07 bits per heavy atom. The van der Waals surface area contributed by atoms with E-state index in [9.17, 15) is 4.79 Å². The second-order valence-corrected chi connectivity index (χ2v) is 3.87. The smallest absolute Gasteiger partial charge is 0.404 e. The topological polar surface area (TPSA) is 85.9 Å². The van der Waals surface area contributed by atoms with Gasteiger partial charge in [-0.1, -0.05) is 0 Å². The molecule has 1 aromatic heterocycles. The van der Waals surface area contributed by atoms with Gasteiger partial charge in [0.25, 0.3) is 0 Å². The van der Waals surface area contributed by atoms with Gasteiger partial charge in [0.15, 0.2) is 4.77 Å². The van der Waals surface area contributed by atoms with Crippen molar-refractivity contribution in [3.8, 4) is 0 Å². The molecule has 1 heterocycles. The normalized spacial score (nSPS) is 15.2. The molecule has 1 aliphatic rings. The molecule has 0 atom stereocenters. The Labute approximate surface area is 91.4 Å². The predicted molar refractivity (Wildman–Crippen MR) is 54.9 cm³/mol. The van der Waals surface area contributed by atoms with E-state index in [4.69, 9.17) is 18.0 Å². The highest BCUT2D eigenvalue weighted by Gasteiger charge is 2.28. The molecule has 15 heavy (non-hydrogen) atoms. The van der Waals surface area contributed by atoms with Crippen molar-refractivity contribution in [1.82, 2.24) is 14.8 Å². The van der Waals surface area contributed by atoms with Crippen LogP contribution >= 0.6 is 12.2 Å². The molecule has 3 N–H and O–H groups in total. The van der Waals surface area contributed by atoms with Gasteiger partial charge < -0.3 is 15.0 Å². The molecular formula is C8H12N4O2S. The molecule has 0 aliphatic heterocycles. The lowest BCUT2D eigenvalue weighted by atomic mass is 10.4. The zero-order valence-electron chi connectivity index (χ0n) is 8.10. The number of nitrogens with zero attached hydrogens (tertiary/aromatic N) is 2. The molecule has 82 valence electrons. The molecule has 0 aromatic carbocycles. The van der Waals surface area contributed by atoms with Gasteiger partial charge in [-0.25, -0.2) is 4.79 Å². The Morgan fingerprint density at radius 2 is 2.47 bits per heavy atom. The number of hydrogen-bond acceptors (Lipinski definition) is 4. The second kappa shape index (κ2) is 4.01. The number of H-pyrrole nitrogens is 1. The van der Waals surface area contributed by atoms with Gasteiger partial charge in [0.05, 0.1) is 6.54 Å². The number of carbonyl (C=O) groups is 1. The fraction of sp³-hybridized carbons (Fsp3) is 0.625. The highest BCUT2D eigenvalue weighted by Crippen LogP contribution is 2.38. The van der Waals surface area contributed by atoms with Crippen molar-refractivity contribution in [2.45, 2.75) is 25.3 Å². The Hall–Kier alpha value is -1.37. The van der Waals surface area contributed by atoms with Gasteiger partial charge in [-0.15, -0.1) is 0 Å². The highest BCUT2D eigenvalue weighted by atomic mass is 32.1. The maximum atomic E-state index is 10.4. The fourth-order valence-corrected chi connectivity index (χ4v) is 1.67. The lowest BCUT2D eigenvalue weighted by Crippen LogP contribution is -2.17. The molecule has 1 fully saturated rings. The zero-order chi connectivity index (χ0) is 10.8. The van der Waals surface area contributed by atoms with E-state index in [1.54, 1.807) is 0 Å². The summed E-state index contributed by atoms with van der Waals surface area (Å²) in [5.41, 5.74) is 4.86. The highest BCUT2D eigenvalue weighted by molar-refractivity contribution is 7.71. The molecular weight excluding hydrogens is 216 g/mol. The van der Waals surface area contributed by atoms with Crippen LogP contribution in [0.15, 0.2) is 0 Å². The van der Waals surface area contributed by atoms with E-state index in [1.165, 1.54) is 0 Å². The SMILES string of the molecule is NC(=O)OCCn1c(C2CC2)n[nH]c1=S. The van der Waals surface area contributed by atoms with Gasteiger partial charge in [-0.3, -0.25) is 5.10 Å². The Morgan fingerprint density at radius 1 is 1.73 bits per heavy atom. The third kappa shape index (κ3) is 2.35. The molecule has 7 heteroatoms. The minimum Gasteiger partial charge on any atom is -0.448 e. The summed E-state index contributed by atoms with van der Waals surface area (Å²) in [7, 11) is 0. The summed E-state index contributed by atoms with van der Waals surface area (Å²) in [4.78, 5) is 10.4. The summed E-state index contributed by atoms with van der Waals surface area (Å²) < 4.78 is 7.07. The van der Waals surface area contributed by atoms with Gasteiger partial charge in [-0.05, 0) is 25.1 Å². The first-order valence-corrected chi connectivity index (χ1v) is 5.16. The monoisotopic (exact) mass is 228 g/mol. The van der Waals surface area contributed by atoms with Gasteiger partial charge in [0, 0.05) is 5.92 Å². The number of ether oxygens (including phenoxy) is 1. The van der Waals surface area contributed by atoms with Crippen LogP contribution in [0.2, 0.25) is 0 Å². The number of amides is 1. The number of carbonyl (C=O) groups excluding carboxylic acids is 1. The Bertz CT molecular complexity index is 421. The molecule has 0 spiro atoms. The molecule has 0 bridgehead atoms. The third-order valence-electron chi connectivity index (χ3n) is 2.29. The predicted octanol–water partition coefficient (Wildman–Crippen LogP) is 0.913. The van der Waals surface area contributed by atoms with E-state index >= 15 is 0 Å². The average molecular weight is 228 g/mol. The molecule has 1 aromatic rings. The second-order valence-electron chi connectivity index (χ2n) is 3.48. The minimum absolute atomic E-state index is 0.225. The molecule has 1 saturated carbocycles. The van der Waals surface area contributed by atoms with Crippen molar-refractivity contribution >= 4 is 18.3 Å². The van der Waals surface area contributed by atoms with Crippen molar-refractivity contribution in [3.05, 3.63) is 10.6 Å². The summed E-state index contributed by atoms with van der Waals surface area (Å²) in [5.74, 6) is 1.46. The zero-order valence-corrected chi connectivity index (χ0v) is 8.92. The van der Waals surface area contributed by atoms with E-state index in [-0.39, 0.29) is 6.61 Å². The van der Waals surface area contributed by atoms with Gasteiger partial charge in [-0.2, -0.15) is 5.10 Å². The van der Waals surface area contributed by atoms with E-state index in [0.717, 1.165) is 18.7 Å². The largest absolute Gasteiger partial charge is 0.448 e. The van der Waals surface area contributed by atoms with Crippen LogP contribution in [-0.4, -0.2) is 27.5 Å². The number of aromatic amines is 1. The van der Waals surface area contributed by atoms with Crippen LogP contribution < -0.4 is 5.73 Å². The minimum atomic E-state index is -0.766. The number of hydrogen-bond donors (Lipinski definition) is 2. The van der Waals surface area contributed by atoms with Crippen molar-refractivity contribution < 1.29 is 9.53 Å². The fourth-order valence-electron chi connectivity index (χ4n) is 1.44. The van der Waals surface area contributed by atoms with Crippen molar-refractivity contribution in [3.63, 3.8) is 0 Å². The molecule has 1 amide bonds. The first-order chi connectivity index (χ1) is 7.18. The number of nitrogens with two attached hydrogens (primary N) is 1. The summed E-state index contributed by atoms with van der Waals surface area (Å²) >= 11 is 5.07. The van der Waals surface area contributed by atoms with Gasteiger partial charge >= 0.3 is 6.09 Å². The van der Waals surface area contributed by atoms with E-state index < -0.39 is 6.09 Å². The van der Waals surface area contributed by atoms with Crippen molar-refractivity contribution in [1.29, 1.82) is 0 Å². The van der Waals surface area contributed by atoms with Crippen molar-refractivity contribution in [2.75, 3.05) is 6.61 Å². The third-order valence-corrected chi connectivity index (χ3v) is 2.60. The summed E-state index contributed by atoms with van der Waals surface area (Å²) in [6.45, 7) is 0.729. The first-order valence-electron chi connectivity index (χ1n) is 4.76. The number of rotatable bonds is 4. The molecule has 0 radical (unpaired) electrons. The maximum absolute atomic E-state index is 10.4. The lowest BCUT2D eigenvalue weighted by molar-refractivity contribution is 0.152. The molecule has 2 rings (SSSR count).